The van der Waals surface area contributed by atoms with Crippen molar-refractivity contribution in [2.24, 2.45) is 0 Å². The smallest absolute Gasteiger partial charge is 0.153 e. The summed E-state index contributed by atoms with van der Waals surface area (Å²) in [7, 11) is 0. The first-order chi connectivity index (χ1) is 11.6. The number of nitrogens with one attached hydrogen (secondary N) is 1. The van der Waals surface area contributed by atoms with Crippen LogP contribution >= 0.6 is 11.6 Å². The van der Waals surface area contributed by atoms with Crippen LogP contribution in [0.3, 0.4) is 0 Å². The monoisotopic (exact) mass is 347 g/mol. The molecule has 0 bridgehead atoms. The quantitative estimate of drug-likeness (QED) is 0.847. The van der Waals surface area contributed by atoms with Crippen molar-refractivity contribution in [3.05, 3.63) is 47.4 Å². The van der Waals surface area contributed by atoms with Gasteiger partial charge in [-0.2, -0.15) is 0 Å². The Bertz CT molecular complexity index is 820. The molecule has 4 rings (SSSR count). The van der Waals surface area contributed by atoms with Crippen LogP contribution in [-0.4, -0.2) is 38.7 Å². The van der Waals surface area contributed by atoms with Gasteiger partial charge >= 0.3 is 0 Å². The summed E-state index contributed by atoms with van der Waals surface area (Å²) in [5.41, 5.74) is 1.81. The van der Waals surface area contributed by atoms with Crippen LogP contribution in [0.15, 0.2) is 36.4 Å². The van der Waals surface area contributed by atoms with Crippen LogP contribution in [-0.2, 0) is 0 Å². The molecule has 24 heavy (non-hydrogen) atoms. The number of allylic oxidation sites excluding steroid dienone is 2. The Kier molecular flexibility index (Phi) is 4.02. The van der Waals surface area contributed by atoms with E-state index in [1.54, 1.807) is 0 Å². The number of rotatable bonds is 2. The van der Waals surface area contributed by atoms with E-state index in [-0.39, 0.29) is 23.2 Å². The lowest BCUT2D eigenvalue weighted by Crippen LogP contribution is -2.47. The molecule has 0 spiro atoms. The third kappa shape index (κ3) is 2.70. The topological polar surface area (TPSA) is 46.0 Å². The first kappa shape index (κ1) is 15.6. The lowest BCUT2D eigenvalue weighted by Gasteiger charge is -2.37. The number of halogens is 2. The van der Waals surface area contributed by atoms with E-state index in [9.17, 15) is 4.39 Å². The van der Waals surface area contributed by atoms with Gasteiger partial charge in [-0.25, -0.2) is 14.4 Å². The maximum absolute atomic E-state index is 14.2. The summed E-state index contributed by atoms with van der Waals surface area (Å²) in [4.78, 5) is 10.5. The molecule has 2 aliphatic rings. The average molecular weight is 348 g/mol. The van der Waals surface area contributed by atoms with Crippen LogP contribution < -0.4 is 5.32 Å². The highest BCUT2D eigenvalue weighted by Gasteiger charge is 2.27. The predicted octanol–water partition coefficient (Wildman–Crippen LogP) is 3.25. The number of likely N-dealkylation sites (tertiary alicyclic amines) is 1. The SMILES string of the molecule is CC1=CNC(N2CCC(n3cc(F)c4c(Cl)ncnc43)CC2)C=C1. The molecule has 2 aliphatic heterocycles. The molecule has 0 amide bonds. The summed E-state index contributed by atoms with van der Waals surface area (Å²) < 4.78 is 16.1. The van der Waals surface area contributed by atoms with Crippen molar-refractivity contribution in [1.82, 2.24) is 24.8 Å². The molecule has 1 unspecified atom stereocenters. The highest BCUT2D eigenvalue weighted by Crippen LogP contribution is 2.31. The number of dihydropyridines is 1. The third-order valence-corrected chi connectivity index (χ3v) is 5.11. The molecule has 2 aromatic rings. The van der Waals surface area contributed by atoms with Gasteiger partial charge in [0.2, 0.25) is 0 Å². The van der Waals surface area contributed by atoms with Gasteiger partial charge in [0, 0.05) is 31.5 Å². The van der Waals surface area contributed by atoms with Crippen LogP contribution in [0.2, 0.25) is 5.15 Å². The third-order valence-electron chi connectivity index (χ3n) is 4.83. The number of aromatic nitrogens is 3. The molecule has 5 nitrogen and oxygen atoms in total. The van der Waals surface area contributed by atoms with Gasteiger partial charge in [-0.1, -0.05) is 17.7 Å². The summed E-state index contributed by atoms with van der Waals surface area (Å²) in [5, 5.41) is 3.90. The molecule has 126 valence electrons. The Morgan fingerprint density at radius 1 is 1.29 bits per heavy atom. The van der Waals surface area contributed by atoms with Crippen LogP contribution in [0.1, 0.15) is 25.8 Å². The first-order valence-electron chi connectivity index (χ1n) is 8.15. The Hall–Kier alpha value is -1.92. The maximum Gasteiger partial charge on any atom is 0.153 e. The van der Waals surface area contributed by atoms with E-state index < -0.39 is 0 Å². The van der Waals surface area contributed by atoms with Crippen molar-refractivity contribution < 1.29 is 4.39 Å². The average Bonchev–Trinajstić information content (AvgIpc) is 2.94. The Morgan fingerprint density at radius 3 is 2.79 bits per heavy atom. The summed E-state index contributed by atoms with van der Waals surface area (Å²) in [6.07, 6.45) is 11.4. The van der Waals surface area contributed by atoms with Gasteiger partial charge in [-0.3, -0.25) is 4.90 Å². The van der Waals surface area contributed by atoms with Gasteiger partial charge in [0.15, 0.2) is 5.82 Å². The normalized spacial score (nSPS) is 22.6. The summed E-state index contributed by atoms with van der Waals surface area (Å²) >= 11 is 6.02. The molecule has 2 aromatic heterocycles. The zero-order chi connectivity index (χ0) is 16.7. The minimum atomic E-state index is -0.351. The van der Waals surface area contributed by atoms with E-state index in [2.05, 4.69) is 39.3 Å². The lowest BCUT2D eigenvalue weighted by molar-refractivity contribution is 0.146. The fourth-order valence-electron chi connectivity index (χ4n) is 3.52. The van der Waals surface area contributed by atoms with Crippen molar-refractivity contribution in [2.45, 2.75) is 32.0 Å². The Morgan fingerprint density at radius 2 is 2.08 bits per heavy atom. The maximum atomic E-state index is 14.2. The number of piperidine rings is 1. The van der Waals surface area contributed by atoms with E-state index in [0.29, 0.717) is 11.0 Å². The van der Waals surface area contributed by atoms with Crippen LogP contribution in [0, 0.1) is 5.82 Å². The summed E-state index contributed by atoms with van der Waals surface area (Å²) in [6.45, 7) is 3.96. The molecule has 7 heteroatoms. The van der Waals surface area contributed by atoms with E-state index in [1.807, 2.05) is 10.8 Å². The number of nitrogens with zero attached hydrogens (tertiary/aromatic N) is 4. The second-order valence-corrected chi connectivity index (χ2v) is 6.73. The number of hydrogen-bond donors (Lipinski definition) is 1. The van der Waals surface area contributed by atoms with E-state index in [1.165, 1.54) is 18.1 Å². The van der Waals surface area contributed by atoms with Crippen molar-refractivity contribution in [3.63, 3.8) is 0 Å². The van der Waals surface area contributed by atoms with Crippen LogP contribution in [0.25, 0.3) is 11.0 Å². The van der Waals surface area contributed by atoms with Crippen LogP contribution in [0.5, 0.6) is 0 Å². The van der Waals surface area contributed by atoms with Gasteiger partial charge in [0.1, 0.15) is 17.1 Å². The number of hydrogen-bond acceptors (Lipinski definition) is 4. The largest absolute Gasteiger partial charge is 0.372 e. The fourth-order valence-corrected chi connectivity index (χ4v) is 3.73. The fraction of sp³-hybridized carbons (Fsp3) is 0.412. The molecular weight excluding hydrogens is 329 g/mol. The summed E-state index contributed by atoms with van der Waals surface area (Å²) in [5.74, 6) is -0.351. The highest BCUT2D eigenvalue weighted by atomic mass is 35.5. The molecule has 0 radical (unpaired) electrons. The van der Waals surface area contributed by atoms with Gasteiger partial charge in [-0.05, 0) is 31.4 Å². The van der Waals surface area contributed by atoms with Gasteiger partial charge in [-0.15, -0.1) is 0 Å². The van der Waals surface area contributed by atoms with Crippen molar-refractivity contribution in [2.75, 3.05) is 13.1 Å². The Labute approximate surface area is 144 Å². The standard InChI is InChI=1S/C17H19ClFN5/c1-11-2-3-14(20-8-11)23-6-4-12(5-7-23)24-9-13(19)15-16(18)21-10-22-17(15)24/h2-3,8-10,12,14,20H,4-7H2,1H3. The molecule has 1 N–H and O–H groups in total. The predicted molar refractivity (Wildman–Crippen MR) is 92.2 cm³/mol. The lowest BCUT2D eigenvalue weighted by atomic mass is 10.0. The zero-order valence-electron chi connectivity index (χ0n) is 13.4. The molecule has 1 fully saturated rings. The molecule has 0 saturated carbocycles. The van der Waals surface area contributed by atoms with Crippen LogP contribution in [0.4, 0.5) is 4.39 Å². The number of fused-ring (bicyclic) bond motifs is 1. The second-order valence-electron chi connectivity index (χ2n) is 6.37. The molecular formula is C17H19ClFN5. The zero-order valence-corrected chi connectivity index (χ0v) is 14.2. The molecule has 4 heterocycles. The molecule has 0 aromatic carbocycles. The van der Waals surface area contributed by atoms with Crippen molar-refractivity contribution in [1.29, 1.82) is 0 Å². The van der Waals surface area contributed by atoms with Crippen molar-refractivity contribution in [3.8, 4) is 0 Å². The summed E-state index contributed by atoms with van der Waals surface area (Å²) in [6, 6.07) is 0.226. The van der Waals surface area contributed by atoms with Gasteiger partial charge in [0.05, 0.1) is 11.6 Å². The minimum Gasteiger partial charge on any atom is -0.372 e. The highest BCUT2D eigenvalue weighted by molar-refractivity contribution is 6.34. The van der Waals surface area contributed by atoms with Crippen molar-refractivity contribution >= 4 is 22.6 Å². The first-order valence-corrected chi connectivity index (χ1v) is 8.53. The van der Waals surface area contributed by atoms with E-state index in [0.717, 1.165) is 25.9 Å². The van der Waals surface area contributed by atoms with Gasteiger partial charge < -0.3 is 9.88 Å². The molecule has 0 aliphatic carbocycles. The Balaban J connectivity index is 1.51. The molecule has 1 saturated heterocycles. The minimum absolute atomic E-state index is 0.174. The second kappa shape index (κ2) is 6.18. The molecule has 1 atom stereocenters. The van der Waals surface area contributed by atoms with E-state index in [4.69, 9.17) is 11.6 Å². The van der Waals surface area contributed by atoms with E-state index >= 15 is 0 Å². The van der Waals surface area contributed by atoms with Gasteiger partial charge in [0.25, 0.3) is 0 Å².